The van der Waals surface area contributed by atoms with Crippen LogP contribution in [0.1, 0.15) is 18.2 Å². The van der Waals surface area contributed by atoms with Gasteiger partial charge < -0.3 is 10.3 Å². The molecule has 0 bridgehead atoms. The monoisotopic (exact) mass is 417 g/mol. The van der Waals surface area contributed by atoms with Crippen LogP contribution in [0.5, 0.6) is 0 Å². The summed E-state index contributed by atoms with van der Waals surface area (Å²) in [4.78, 5) is 22.1. The average Bonchev–Trinajstić information content (AvgIpc) is 3.24. The third-order valence-electron chi connectivity index (χ3n) is 4.84. The van der Waals surface area contributed by atoms with Crippen LogP contribution in [-0.2, 0) is 16.1 Å². The molecule has 28 heavy (non-hydrogen) atoms. The Labute approximate surface area is 173 Å². The maximum Gasteiger partial charge on any atom is 0.250 e. The minimum absolute atomic E-state index is 0.0945. The summed E-state index contributed by atoms with van der Waals surface area (Å²) in [5.74, 6) is -0.407. The highest BCUT2D eigenvalue weighted by Gasteiger charge is 2.28. The first-order valence-electron chi connectivity index (χ1n) is 8.98. The summed E-state index contributed by atoms with van der Waals surface area (Å²) in [6.45, 7) is 6.09. The molecule has 0 aliphatic heterocycles. The third kappa shape index (κ3) is 4.58. The molecule has 1 amide bonds. The molecule has 7 heteroatoms. The zero-order valence-corrected chi connectivity index (χ0v) is 17.7. The molecule has 0 saturated carbocycles. The van der Waals surface area contributed by atoms with Crippen molar-refractivity contribution in [2.24, 2.45) is 5.92 Å². The molecule has 148 valence electrons. The summed E-state index contributed by atoms with van der Waals surface area (Å²) in [5.41, 5.74) is 2.77. The van der Waals surface area contributed by atoms with Gasteiger partial charge in [-0.05, 0) is 24.1 Å². The molecule has 0 unspecified atom stereocenters. The number of rotatable bonds is 8. The van der Waals surface area contributed by atoms with Crippen LogP contribution in [0.3, 0.4) is 0 Å². The second-order valence-electron chi connectivity index (χ2n) is 6.74. The van der Waals surface area contributed by atoms with Crippen molar-refractivity contribution in [2.45, 2.75) is 19.4 Å². The highest BCUT2D eigenvalue weighted by atomic mass is 35.5. The van der Waals surface area contributed by atoms with E-state index in [1.165, 1.54) is 23.5 Å². The smallest absolute Gasteiger partial charge is 0.250 e. The van der Waals surface area contributed by atoms with Gasteiger partial charge in [0.2, 0.25) is 0 Å². The minimum atomic E-state index is -0.313. The fraction of sp³-hybridized carbons (Fsp3) is 0.286. The molecule has 2 heterocycles. The summed E-state index contributed by atoms with van der Waals surface area (Å²) in [5, 5.41) is 5.76. The number of aromatic nitrogens is 1. The summed E-state index contributed by atoms with van der Waals surface area (Å²) in [6.07, 6.45) is 0.686. The van der Waals surface area contributed by atoms with Crippen LogP contribution >= 0.6 is 22.9 Å². The third-order valence-corrected chi connectivity index (χ3v) is 6.03. The number of hydroxylamine groups is 2. The van der Waals surface area contributed by atoms with Gasteiger partial charge in [-0.2, -0.15) is 0 Å². The van der Waals surface area contributed by atoms with Crippen LogP contribution in [0.4, 0.5) is 0 Å². The number of hydrogen-bond acceptors (Lipinski definition) is 4. The predicted molar refractivity (Wildman–Crippen MR) is 116 cm³/mol. The molecule has 2 atom stereocenters. The van der Waals surface area contributed by atoms with E-state index in [4.69, 9.17) is 16.4 Å². The van der Waals surface area contributed by atoms with E-state index in [1.54, 1.807) is 7.05 Å². The Kier molecular flexibility index (Phi) is 6.44. The zero-order valence-electron chi connectivity index (χ0n) is 16.2. The van der Waals surface area contributed by atoms with E-state index in [-0.39, 0.29) is 17.9 Å². The average molecular weight is 418 g/mol. The van der Waals surface area contributed by atoms with Crippen LogP contribution < -0.4 is 5.32 Å². The first kappa shape index (κ1) is 20.5. The first-order chi connectivity index (χ1) is 13.4. The highest BCUT2D eigenvalue weighted by Crippen LogP contribution is 2.31. The van der Waals surface area contributed by atoms with Crippen molar-refractivity contribution in [1.29, 1.82) is 0 Å². The van der Waals surface area contributed by atoms with Gasteiger partial charge in [-0.1, -0.05) is 55.4 Å². The van der Waals surface area contributed by atoms with Gasteiger partial charge in [-0.25, -0.2) is 5.06 Å². The fourth-order valence-electron chi connectivity index (χ4n) is 3.13. The number of amides is 1. The number of aromatic amines is 1. The Morgan fingerprint density at radius 1 is 1.36 bits per heavy atom. The Morgan fingerprint density at radius 3 is 2.71 bits per heavy atom. The van der Waals surface area contributed by atoms with Crippen LogP contribution in [0.25, 0.3) is 15.9 Å². The van der Waals surface area contributed by atoms with Crippen LogP contribution in [-0.4, -0.2) is 36.2 Å². The summed E-state index contributed by atoms with van der Waals surface area (Å²) in [6, 6.07) is 13.9. The molecule has 0 aliphatic rings. The molecule has 1 aromatic carbocycles. The van der Waals surface area contributed by atoms with Crippen molar-refractivity contribution in [3.05, 3.63) is 64.6 Å². The molecule has 5 nitrogen and oxygen atoms in total. The van der Waals surface area contributed by atoms with E-state index in [1.807, 2.05) is 37.3 Å². The van der Waals surface area contributed by atoms with E-state index < -0.39 is 0 Å². The lowest BCUT2D eigenvalue weighted by atomic mass is 9.93. The number of nitrogens with one attached hydrogen (secondary N) is 2. The number of benzene rings is 1. The highest BCUT2D eigenvalue weighted by molar-refractivity contribution is 7.22. The number of nitrogens with zero attached hydrogens (tertiary/aromatic N) is 1. The Balaban J connectivity index is 1.81. The number of fused-ring (bicyclic) bond motifs is 1. The van der Waals surface area contributed by atoms with Crippen molar-refractivity contribution >= 4 is 44.8 Å². The molecule has 0 aliphatic carbocycles. The molecular weight excluding hydrogens is 394 g/mol. The number of carbonyl (C=O) groups is 1. The first-order valence-corrected chi connectivity index (χ1v) is 10.2. The van der Waals surface area contributed by atoms with E-state index in [0.29, 0.717) is 6.42 Å². The van der Waals surface area contributed by atoms with Crippen LogP contribution in [0, 0.1) is 5.92 Å². The zero-order chi connectivity index (χ0) is 20.3. The van der Waals surface area contributed by atoms with Crippen molar-refractivity contribution in [2.75, 3.05) is 14.2 Å². The molecule has 0 fully saturated rings. The number of carbonyl (C=O) groups excluding carboxylic acids is 1. The second-order valence-corrected chi connectivity index (χ2v) is 8.43. The normalized spacial score (nSPS) is 13.3. The van der Waals surface area contributed by atoms with Gasteiger partial charge >= 0.3 is 0 Å². The lowest BCUT2D eigenvalue weighted by molar-refractivity contribution is -0.173. The molecule has 2 N–H and O–H groups in total. The topological polar surface area (TPSA) is 57.4 Å². The SMILES string of the molecule is C=C(N[C@@H](Cc1ccccc1)[C@@H](C)C(=O)N(C)OC)c1cc2cc(Cl)sc2[nH]1. The standard InChI is InChI=1S/C21H24ClN3O2S/c1-13(21(26)25(3)27-4)17(10-15-8-6-5-7-9-15)23-14(2)18-11-16-12-19(22)28-20(16)24-18/h5-9,11-13,17,23-24H,2,10H2,1,3-4H3/t13-,17+/m1/s1. The molecule has 3 rings (SSSR count). The van der Waals surface area contributed by atoms with E-state index in [9.17, 15) is 4.79 Å². The fourth-order valence-corrected chi connectivity index (χ4v) is 4.25. The summed E-state index contributed by atoms with van der Waals surface area (Å²) >= 11 is 7.55. The maximum atomic E-state index is 12.7. The lowest BCUT2D eigenvalue weighted by Gasteiger charge is -2.28. The molecular formula is C21H24ClN3O2S. The van der Waals surface area contributed by atoms with Crippen molar-refractivity contribution < 1.29 is 9.63 Å². The van der Waals surface area contributed by atoms with Gasteiger partial charge in [0, 0.05) is 18.5 Å². The Hall–Kier alpha value is -2.28. The van der Waals surface area contributed by atoms with Crippen LogP contribution in [0.2, 0.25) is 4.34 Å². The molecule has 0 spiro atoms. The summed E-state index contributed by atoms with van der Waals surface area (Å²) < 4.78 is 0.746. The van der Waals surface area contributed by atoms with Crippen LogP contribution in [0.15, 0.2) is 49.0 Å². The van der Waals surface area contributed by atoms with E-state index >= 15 is 0 Å². The molecule has 3 aromatic rings. The van der Waals surface area contributed by atoms with Gasteiger partial charge in [0.15, 0.2) is 0 Å². The van der Waals surface area contributed by atoms with Crippen molar-refractivity contribution in [1.82, 2.24) is 15.4 Å². The Morgan fingerprint density at radius 2 is 2.07 bits per heavy atom. The summed E-state index contributed by atoms with van der Waals surface area (Å²) in [7, 11) is 3.11. The van der Waals surface area contributed by atoms with Gasteiger partial charge in [-0.15, -0.1) is 11.3 Å². The largest absolute Gasteiger partial charge is 0.380 e. The molecule has 0 saturated heterocycles. The van der Waals surface area contributed by atoms with E-state index in [0.717, 1.165) is 31.5 Å². The maximum absolute atomic E-state index is 12.7. The van der Waals surface area contributed by atoms with Gasteiger partial charge in [-0.3, -0.25) is 9.63 Å². The number of H-pyrrole nitrogens is 1. The molecule has 2 aromatic heterocycles. The number of hydrogen-bond donors (Lipinski definition) is 2. The van der Waals surface area contributed by atoms with Gasteiger partial charge in [0.05, 0.1) is 28.8 Å². The quantitative estimate of drug-likeness (QED) is 0.522. The van der Waals surface area contributed by atoms with E-state index in [2.05, 4.69) is 29.0 Å². The molecule has 0 radical (unpaired) electrons. The second kappa shape index (κ2) is 8.82. The minimum Gasteiger partial charge on any atom is -0.380 e. The lowest BCUT2D eigenvalue weighted by Crippen LogP contribution is -2.44. The Bertz CT molecular complexity index is 935. The number of thiophene rings is 1. The van der Waals surface area contributed by atoms with Crippen molar-refractivity contribution in [3.8, 4) is 0 Å². The number of halogens is 1. The predicted octanol–water partition coefficient (Wildman–Crippen LogP) is 4.71. The van der Waals surface area contributed by atoms with Gasteiger partial charge in [0.1, 0.15) is 4.83 Å². The van der Waals surface area contributed by atoms with Gasteiger partial charge in [0.25, 0.3) is 5.91 Å². The van der Waals surface area contributed by atoms with Crippen molar-refractivity contribution in [3.63, 3.8) is 0 Å².